The summed E-state index contributed by atoms with van der Waals surface area (Å²) in [5, 5.41) is 2.65. The molecule has 1 fully saturated rings. The van der Waals surface area contributed by atoms with Crippen molar-refractivity contribution in [1.82, 2.24) is 10.2 Å². The molecule has 1 amide bonds. The number of alkyl carbamates (subject to hydrolysis) is 1. The number of carbonyl (C=O) groups is 1. The number of amides is 1. The van der Waals surface area contributed by atoms with Crippen molar-refractivity contribution < 1.29 is 19.0 Å². The maximum absolute atomic E-state index is 11.5. The van der Waals surface area contributed by atoms with Crippen LogP contribution in [0.15, 0.2) is 0 Å². The van der Waals surface area contributed by atoms with Crippen LogP contribution in [0.1, 0.15) is 27.2 Å². The van der Waals surface area contributed by atoms with E-state index in [0.717, 1.165) is 13.0 Å². The average molecular weight is 288 g/mol. The molecule has 2 atom stereocenters. The molecule has 0 aromatic rings. The van der Waals surface area contributed by atoms with Crippen LogP contribution >= 0.6 is 0 Å². The average Bonchev–Trinajstić information content (AvgIpc) is 2.80. The number of nitrogens with one attached hydrogen (secondary N) is 1. The van der Waals surface area contributed by atoms with Crippen molar-refractivity contribution in [1.29, 1.82) is 0 Å². The summed E-state index contributed by atoms with van der Waals surface area (Å²) in [4.78, 5) is 13.9. The Morgan fingerprint density at radius 3 is 2.60 bits per heavy atom. The van der Waals surface area contributed by atoms with E-state index in [9.17, 15) is 4.79 Å². The van der Waals surface area contributed by atoms with Gasteiger partial charge in [-0.1, -0.05) is 0 Å². The Hall–Kier alpha value is -0.850. The Morgan fingerprint density at radius 2 is 2.05 bits per heavy atom. The lowest BCUT2D eigenvalue weighted by Crippen LogP contribution is -2.47. The molecule has 1 saturated heterocycles. The van der Waals surface area contributed by atoms with E-state index in [4.69, 9.17) is 14.2 Å². The summed E-state index contributed by atoms with van der Waals surface area (Å²) >= 11 is 0. The van der Waals surface area contributed by atoms with Crippen LogP contribution in [0.2, 0.25) is 0 Å². The summed E-state index contributed by atoms with van der Waals surface area (Å²) in [7, 11) is 3.32. The van der Waals surface area contributed by atoms with Gasteiger partial charge < -0.3 is 19.5 Å². The topological polar surface area (TPSA) is 60.0 Å². The molecule has 6 heteroatoms. The van der Waals surface area contributed by atoms with Crippen LogP contribution in [-0.2, 0) is 14.2 Å². The maximum atomic E-state index is 11.5. The predicted molar refractivity (Wildman–Crippen MR) is 76.9 cm³/mol. The Bertz CT molecular complexity index is 304. The third kappa shape index (κ3) is 5.26. The van der Waals surface area contributed by atoms with Crippen molar-refractivity contribution in [2.45, 2.75) is 44.9 Å². The first-order valence-electron chi connectivity index (χ1n) is 7.07. The summed E-state index contributed by atoms with van der Waals surface area (Å²) in [6, 6.07) is 0.202. The molecule has 1 heterocycles. The number of hydrogen-bond acceptors (Lipinski definition) is 5. The zero-order valence-electron chi connectivity index (χ0n) is 13.3. The van der Waals surface area contributed by atoms with Crippen molar-refractivity contribution in [3.8, 4) is 0 Å². The van der Waals surface area contributed by atoms with Gasteiger partial charge in [-0.2, -0.15) is 0 Å². The van der Waals surface area contributed by atoms with E-state index in [0.29, 0.717) is 19.8 Å². The number of carbonyl (C=O) groups excluding carboxylic acids is 1. The Balaban J connectivity index is 2.42. The number of likely N-dealkylation sites (tertiary alicyclic amines) is 1. The molecule has 0 saturated carbocycles. The number of rotatable bonds is 6. The molecule has 6 nitrogen and oxygen atoms in total. The molecule has 0 aliphatic carbocycles. The fraction of sp³-hybridized carbons (Fsp3) is 0.929. The van der Waals surface area contributed by atoms with Gasteiger partial charge >= 0.3 is 6.09 Å². The molecule has 1 aliphatic rings. The minimum Gasteiger partial charge on any atom is -0.448 e. The predicted octanol–water partition coefficient (Wildman–Crippen LogP) is 1.25. The van der Waals surface area contributed by atoms with Gasteiger partial charge in [-0.3, -0.25) is 4.90 Å². The summed E-state index contributed by atoms with van der Waals surface area (Å²) < 4.78 is 15.6. The van der Waals surface area contributed by atoms with E-state index in [-0.39, 0.29) is 17.7 Å². The third-order valence-electron chi connectivity index (χ3n) is 3.55. The SMILES string of the molecule is COCCNC(=O)OCC1CC(OC)CN1C(C)(C)C. The molecule has 1 N–H and O–H groups in total. The summed E-state index contributed by atoms with van der Waals surface area (Å²) in [6.45, 7) is 8.70. The van der Waals surface area contributed by atoms with Crippen LogP contribution in [0.5, 0.6) is 0 Å². The Kier molecular flexibility index (Phi) is 6.71. The van der Waals surface area contributed by atoms with Crippen LogP contribution in [0.25, 0.3) is 0 Å². The Morgan fingerprint density at radius 1 is 1.35 bits per heavy atom. The second-order valence-electron chi connectivity index (χ2n) is 6.09. The van der Waals surface area contributed by atoms with Crippen LogP contribution in [0.4, 0.5) is 4.79 Å². The van der Waals surface area contributed by atoms with Gasteiger partial charge in [-0.05, 0) is 27.2 Å². The van der Waals surface area contributed by atoms with Crippen molar-refractivity contribution in [3.05, 3.63) is 0 Å². The quantitative estimate of drug-likeness (QED) is 0.745. The second-order valence-corrected chi connectivity index (χ2v) is 6.09. The standard InChI is InChI=1S/C14H28N2O4/c1-14(2,3)16-9-12(19-5)8-11(16)10-20-13(17)15-6-7-18-4/h11-12H,6-10H2,1-5H3,(H,15,17). The highest BCUT2D eigenvalue weighted by molar-refractivity contribution is 5.67. The molecule has 0 spiro atoms. The van der Waals surface area contributed by atoms with Crippen LogP contribution in [-0.4, -0.2) is 69.2 Å². The molecular formula is C14H28N2O4. The van der Waals surface area contributed by atoms with Gasteiger partial charge in [0.15, 0.2) is 0 Å². The zero-order valence-corrected chi connectivity index (χ0v) is 13.3. The van der Waals surface area contributed by atoms with Gasteiger partial charge in [-0.25, -0.2) is 4.79 Å². The van der Waals surface area contributed by atoms with E-state index in [1.807, 2.05) is 0 Å². The lowest BCUT2D eigenvalue weighted by molar-refractivity contribution is 0.0568. The minimum absolute atomic E-state index is 0.0355. The molecule has 2 unspecified atom stereocenters. The van der Waals surface area contributed by atoms with Gasteiger partial charge in [0.25, 0.3) is 0 Å². The van der Waals surface area contributed by atoms with Gasteiger partial charge in [-0.15, -0.1) is 0 Å². The highest BCUT2D eigenvalue weighted by Gasteiger charge is 2.38. The summed E-state index contributed by atoms with van der Waals surface area (Å²) in [6.07, 6.45) is 0.704. The fourth-order valence-electron chi connectivity index (χ4n) is 2.50. The number of nitrogens with zero attached hydrogens (tertiary/aromatic N) is 1. The molecule has 1 aliphatic heterocycles. The molecule has 20 heavy (non-hydrogen) atoms. The monoisotopic (exact) mass is 288 g/mol. The van der Waals surface area contributed by atoms with Crippen LogP contribution < -0.4 is 5.32 Å². The first kappa shape index (κ1) is 17.2. The van der Waals surface area contributed by atoms with Crippen molar-refractivity contribution >= 4 is 6.09 Å². The summed E-state index contributed by atoms with van der Waals surface area (Å²) in [5.41, 5.74) is 0.0355. The lowest BCUT2D eigenvalue weighted by atomic mass is 10.1. The van der Waals surface area contributed by atoms with Crippen molar-refractivity contribution in [2.24, 2.45) is 0 Å². The maximum Gasteiger partial charge on any atom is 0.407 e. The van der Waals surface area contributed by atoms with Gasteiger partial charge in [0, 0.05) is 38.9 Å². The molecule has 0 radical (unpaired) electrons. The number of ether oxygens (including phenoxy) is 3. The highest BCUT2D eigenvalue weighted by atomic mass is 16.5. The lowest BCUT2D eigenvalue weighted by Gasteiger charge is -2.36. The molecule has 0 aromatic heterocycles. The van der Waals surface area contributed by atoms with Gasteiger partial charge in [0.2, 0.25) is 0 Å². The smallest absolute Gasteiger partial charge is 0.407 e. The Labute approximate surface area is 121 Å². The third-order valence-corrected chi connectivity index (χ3v) is 3.55. The normalized spacial score (nSPS) is 23.9. The second kappa shape index (κ2) is 7.81. The summed E-state index contributed by atoms with van der Waals surface area (Å²) in [5.74, 6) is 0. The van der Waals surface area contributed by atoms with Gasteiger partial charge in [0.05, 0.1) is 12.7 Å². The largest absolute Gasteiger partial charge is 0.448 e. The number of hydrogen-bond donors (Lipinski definition) is 1. The molecule has 0 aromatic carbocycles. The van der Waals surface area contributed by atoms with Crippen molar-refractivity contribution in [3.63, 3.8) is 0 Å². The molecule has 0 bridgehead atoms. The first-order valence-corrected chi connectivity index (χ1v) is 7.07. The molecular weight excluding hydrogens is 260 g/mol. The van der Waals surface area contributed by atoms with E-state index < -0.39 is 6.09 Å². The van der Waals surface area contributed by atoms with E-state index in [1.165, 1.54) is 0 Å². The van der Waals surface area contributed by atoms with Gasteiger partial charge in [0.1, 0.15) is 6.61 Å². The van der Waals surface area contributed by atoms with Crippen LogP contribution in [0, 0.1) is 0 Å². The van der Waals surface area contributed by atoms with E-state index in [2.05, 4.69) is 31.0 Å². The number of methoxy groups -OCH3 is 2. The molecule has 1 rings (SSSR count). The van der Waals surface area contributed by atoms with E-state index >= 15 is 0 Å². The zero-order chi connectivity index (χ0) is 15.2. The molecule has 118 valence electrons. The van der Waals surface area contributed by atoms with Crippen LogP contribution in [0.3, 0.4) is 0 Å². The minimum atomic E-state index is -0.392. The first-order chi connectivity index (χ1) is 9.38. The van der Waals surface area contributed by atoms with E-state index in [1.54, 1.807) is 14.2 Å². The fourth-order valence-corrected chi connectivity index (χ4v) is 2.50. The van der Waals surface area contributed by atoms with Crippen molar-refractivity contribution in [2.75, 3.05) is 40.5 Å². The highest BCUT2D eigenvalue weighted by Crippen LogP contribution is 2.28.